The van der Waals surface area contributed by atoms with Gasteiger partial charge in [0.2, 0.25) is 0 Å². The van der Waals surface area contributed by atoms with Crippen molar-refractivity contribution in [3.8, 4) is 0 Å². The molecular formula is C19H17ClF3N5O. The summed E-state index contributed by atoms with van der Waals surface area (Å²) in [6.07, 6.45) is -0.920. The Morgan fingerprint density at radius 1 is 1.10 bits per heavy atom. The van der Waals surface area contributed by atoms with Gasteiger partial charge in [0.05, 0.1) is 0 Å². The first-order valence-corrected chi connectivity index (χ1v) is 8.84. The minimum Gasteiger partial charge on any atom is -0.348 e. The summed E-state index contributed by atoms with van der Waals surface area (Å²) in [5, 5.41) is 12.9. The van der Waals surface area contributed by atoms with Crippen LogP contribution in [0.1, 0.15) is 16.1 Å². The first kappa shape index (κ1) is 20.5. The third-order valence-electron chi connectivity index (χ3n) is 4.03. The molecule has 1 heterocycles. The van der Waals surface area contributed by atoms with Crippen LogP contribution in [-0.4, -0.2) is 34.3 Å². The summed E-state index contributed by atoms with van der Waals surface area (Å²) >= 11 is 5.89. The lowest BCUT2D eigenvalue weighted by Crippen LogP contribution is -2.47. The number of H-pyrrole nitrogens is 1. The number of amides is 1. The molecule has 0 aliphatic carbocycles. The van der Waals surface area contributed by atoms with Gasteiger partial charge in [-0.3, -0.25) is 9.89 Å². The second-order valence-electron chi connectivity index (χ2n) is 6.33. The van der Waals surface area contributed by atoms with E-state index >= 15 is 0 Å². The van der Waals surface area contributed by atoms with Crippen LogP contribution in [0.4, 0.5) is 24.7 Å². The van der Waals surface area contributed by atoms with Gasteiger partial charge in [0.15, 0.2) is 23.7 Å². The number of aromatic amines is 1. The lowest BCUT2D eigenvalue weighted by Gasteiger charge is -2.30. The van der Waals surface area contributed by atoms with Crippen molar-refractivity contribution in [3.05, 3.63) is 76.2 Å². The molecule has 3 N–H and O–H groups in total. The molecular weight excluding hydrogens is 407 g/mol. The molecule has 152 valence electrons. The largest absolute Gasteiger partial charge is 0.348 e. The molecule has 0 fully saturated rings. The molecule has 0 radical (unpaired) electrons. The molecule has 0 bridgehead atoms. The van der Waals surface area contributed by atoms with Crippen LogP contribution in [0.2, 0.25) is 5.02 Å². The second-order valence-corrected chi connectivity index (χ2v) is 6.77. The fourth-order valence-corrected chi connectivity index (χ4v) is 2.83. The maximum absolute atomic E-state index is 13.7. The molecule has 1 amide bonds. The zero-order chi connectivity index (χ0) is 21.1. The third-order valence-corrected chi connectivity index (χ3v) is 4.25. The molecule has 2 aromatic carbocycles. The van der Waals surface area contributed by atoms with Gasteiger partial charge in [0, 0.05) is 35.1 Å². The van der Waals surface area contributed by atoms with Gasteiger partial charge in [-0.15, -0.1) is 0 Å². The van der Waals surface area contributed by atoms with Crippen LogP contribution in [0.3, 0.4) is 0 Å². The lowest BCUT2D eigenvalue weighted by atomic mass is 10.2. The van der Waals surface area contributed by atoms with E-state index in [4.69, 9.17) is 11.6 Å². The topological polar surface area (TPSA) is 73.0 Å². The highest BCUT2D eigenvalue weighted by molar-refractivity contribution is 6.30. The molecule has 6 nitrogen and oxygen atoms in total. The minimum absolute atomic E-state index is 0.0597. The van der Waals surface area contributed by atoms with Gasteiger partial charge in [0.1, 0.15) is 5.82 Å². The average Bonchev–Trinajstić information content (AvgIpc) is 3.06. The summed E-state index contributed by atoms with van der Waals surface area (Å²) in [6.45, 7) is 1.79. The molecule has 0 aliphatic rings. The van der Waals surface area contributed by atoms with E-state index in [2.05, 4.69) is 20.8 Å². The lowest BCUT2D eigenvalue weighted by molar-refractivity contribution is 0.0763. The molecule has 29 heavy (non-hydrogen) atoms. The Morgan fingerprint density at radius 2 is 1.86 bits per heavy atom. The fraction of sp³-hybridized carbons (Fsp3) is 0.158. The number of nitrogens with one attached hydrogen (secondary N) is 3. The Bertz CT molecular complexity index is 1020. The van der Waals surface area contributed by atoms with E-state index in [9.17, 15) is 18.0 Å². The van der Waals surface area contributed by atoms with Crippen molar-refractivity contribution in [1.29, 1.82) is 0 Å². The number of hydrogen-bond acceptors (Lipinski definition) is 4. The first-order chi connectivity index (χ1) is 13.7. The minimum atomic E-state index is -1.14. The Morgan fingerprint density at radius 3 is 2.48 bits per heavy atom. The number of carbonyl (C=O) groups excluding carboxylic acids is 1. The Labute approximate surface area is 169 Å². The van der Waals surface area contributed by atoms with Gasteiger partial charge in [-0.2, -0.15) is 5.10 Å². The van der Waals surface area contributed by atoms with Crippen LogP contribution < -0.4 is 10.6 Å². The maximum Gasteiger partial charge on any atom is 0.256 e. The molecule has 10 heteroatoms. The SMILES string of the molecule is Cc1cc(NC(Nc2cc(F)cc(Cl)c2)N(C)C(=O)c2ccc(F)c(F)c2)n[nH]1. The van der Waals surface area contributed by atoms with E-state index in [0.29, 0.717) is 11.5 Å². The predicted molar refractivity (Wildman–Crippen MR) is 104 cm³/mol. The number of benzene rings is 2. The van der Waals surface area contributed by atoms with E-state index in [0.717, 1.165) is 23.9 Å². The van der Waals surface area contributed by atoms with Crippen molar-refractivity contribution in [2.45, 2.75) is 13.2 Å². The smallest absolute Gasteiger partial charge is 0.256 e. The highest BCUT2D eigenvalue weighted by atomic mass is 35.5. The van der Waals surface area contributed by atoms with Gasteiger partial charge in [-0.05, 0) is 43.3 Å². The van der Waals surface area contributed by atoms with Crippen molar-refractivity contribution in [2.75, 3.05) is 17.7 Å². The third kappa shape index (κ3) is 5.00. The molecule has 1 unspecified atom stereocenters. The summed E-state index contributed by atoms with van der Waals surface area (Å²) in [5.41, 5.74) is 1.01. The Balaban J connectivity index is 1.89. The summed E-state index contributed by atoms with van der Waals surface area (Å²) in [7, 11) is 1.44. The number of carbonyl (C=O) groups is 1. The monoisotopic (exact) mass is 423 g/mol. The van der Waals surface area contributed by atoms with Crippen LogP contribution in [0.15, 0.2) is 42.5 Å². The quantitative estimate of drug-likeness (QED) is 0.515. The zero-order valence-corrected chi connectivity index (χ0v) is 16.2. The molecule has 3 rings (SSSR count). The van der Waals surface area contributed by atoms with Crippen molar-refractivity contribution in [1.82, 2.24) is 15.1 Å². The number of aryl methyl sites for hydroxylation is 1. The Kier molecular flexibility index (Phi) is 5.97. The molecule has 0 saturated heterocycles. The van der Waals surface area contributed by atoms with E-state index < -0.39 is 29.6 Å². The van der Waals surface area contributed by atoms with E-state index in [1.54, 1.807) is 13.0 Å². The van der Waals surface area contributed by atoms with Crippen molar-refractivity contribution in [3.63, 3.8) is 0 Å². The predicted octanol–water partition coefficient (Wildman–Crippen LogP) is 4.37. The second kappa shape index (κ2) is 8.44. The van der Waals surface area contributed by atoms with Gasteiger partial charge >= 0.3 is 0 Å². The zero-order valence-electron chi connectivity index (χ0n) is 15.4. The van der Waals surface area contributed by atoms with Crippen LogP contribution in [-0.2, 0) is 0 Å². The van der Waals surface area contributed by atoms with Crippen LogP contribution in [0.5, 0.6) is 0 Å². The molecule has 3 aromatic rings. The highest BCUT2D eigenvalue weighted by Gasteiger charge is 2.23. The van der Waals surface area contributed by atoms with E-state index in [1.807, 2.05) is 0 Å². The maximum atomic E-state index is 13.7. The van der Waals surface area contributed by atoms with Crippen LogP contribution >= 0.6 is 11.6 Å². The number of nitrogens with zero attached hydrogens (tertiary/aromatic N) is 2. The van der Waals surface area contributed by atoms with E-state index in [-0.39, 0.29) is 10.6 Å². The van der Waals surface area contributed by atoms with Gasteiger partial charge < -0.3 is 15.5 Å². The summed E-state index contributed by atoms with van der Waals surface area (Å²) < 4.78 is 40.4. The first-order valence-electron chi connectivity index (χ1n) is 8.46. The van der Waals surface area contributed by atoms with Gasteiger partial charge in [-0.25, -0.2) is 13.2 Å². The number of hydrogen-bond donors (Lipinski definition) is 3. The number of anilines is 2. The number of rotatable bonds is 6. The molecule has 1 aromatic heterocycles. The average molecular weight is 424 g/mol. The molecule has 1 atom stereocenters. The highest BCUT2D eigenvalue weighted by Crippen LogP contribution is 2.21. The van der Waals surface area contributed by atoms with Gasteiger partial charge in [-0.1, -0.05) is 11.6 Å². The summed E-state index contributed by atoms with van der Waals surface area (Å²) in [6, 6.07) is 8.37. The van der Waals surface area contributed by atoms with Crippen molar-refractivity contribution in [2.24, 2.45) is 0 Å². The molecule has 0 saturated carbocycles. The number of halogens is 4. The molecule has 0 spiro atoms. The van der Waals surface area contributed by atoms with Crippen molar-refractivity contribution >= 4 is 29.0 Å². The van der Waals surface area contributed by atoms with Gasteiger partial charge in [0.25, 0.3) is 5.91 Å². The van der Waals surface area contributed by atoms with Crippen LogP contribution in [0.25, 0.3) is 0 Å². The van der Waals surface area contributed by atoms with Crippen molar-refractivity contribution < 1.29 is 18.0 Å². The Hall–Kier alpha value is -3.20. The summed E-state index contributed by atoms with van der Waals surface area (Å²) in [4.78, 5) is 14.0. The molecule has 0 aliphatic heterocycles. The standard InChI is InChI=1S/C19H17ClF3N5O/c1-10-5-17(27-26-10)25-19(24-14-8-12(20)7-13(21)9-14)28(2)18(29)11-3-4-15(22)16(23)6-11/h3-9,19,24H,1-2H3,(H2,25,26,27). The number of aromatic nitrogens is 2. The van der Waals surface area contributed by atoms with Crippen LogP contribution in [0, 0.1) is 24.4 Å². The van der Waals surface area contributed by atoms with E-state index in [1.165, 1.54) is 30.1 Å². The normalized spacial score (nSPS) is 11.8. The summed E-state index contributed by atoms with van der Waals surface area (Å²) in [5.74, 6) is -2.96. The fourth-order valence-electron chi connectivity index (χ4n) is 2.61.